The highest BCUT2D eigenvalue weighted by atomic mass is 16.5. The van der Waals surface area contributed by atoms with Gasteiger partial charge in [0.1, 0.15) is 22.8 Å². The van der Waals surface area contributed by atoms with Gasteiger partial charge in [-0.1, -0.05) is 43.4 Å². The lowest BCUT2D eigenvalue weighted by atomic mass is 9.95. The van der Waals surface area contributed by atoms with Gasteiger partial charge in [-0.15, -0.1) is 6.58 Å². The molecule has 0 unspecified atom stereocenters. The van der Waals surface area contributed by atoms with E-state index in [1.165, 1.54) is 0 Å². The first-order valence-corrected chi connectivity index (χ1v) is 9.16. The summed E-state index contributed by atoms with van der Waals surface area (Å²) < 4.78 is 11.6. The minimum Gasteiger partial charge on any atom is -0.506 e. The highest BCUT2D eigenvalue weighted by Gasteiger charge is 2.22. The molecular formula is C23H28O3. The van der Waals surface area contributed by atoms with Gasteiger partial charge in [0.05, 0.1) is 18.6 Å². The van der Waals surface area contributed by atoms with Gasteiger partial charge in [0.25, 0.3) is 0 Å². The van der Waals surface area contributed by atoms with Crippen LogP contribution in [0.2, 0.25) is 0 Å². The predicted octanol–water partition coefficient (Wildman–Crippen LogP) is 5.61. The van der Waals surface area contributed by atoms with Crippen molar-refractivity contribution in [1.29, 1.82) is 0 Å². The molecule has 2 aromatic rings. The molecule has 0 saturated heterocycles. The number of aromatic hydroxyl groups is 1. The fraction of sp³-hybridized carbons (Fsp3) is 0.391. The van der Waals surface area contributed by atoms with Crippen molar-refractivity contribution in [2.45, 2.75) is 52.6 Å². The summed E-state index contributed by atoms with van der Waals surface area (Å²) >= 11 is 0. The van der Waals surface area contributed by atoms with E-state index in [1.54, 1.807) is 7.11 Å². The first-order chi connectivity index (χ1) is 12.5. The largest absolute Gasteiger partial charge is 0.506 e. The topological polar surface area (TPSA) is 38.7 Å². The number of hydrogen-bond donors (Lipinski definition) is 1. The molecule has 0 aliphatic rings. The maximum Gasteiger partial charge on any atom is 0.146 e. The van der Waals surface area contributed by atoms with Gasteiger partial charge >= 0.3 is 0 Å². The van der Waals surface area contributed by atoms with Crippen molar-refractivity contribution >= 4 is 10.8 Å². The first-order valence-electron chi connectivity index (χ1n) is 9.16. The van der Waals surface area contributed by atoms with Crippen molar-refractivity contribution < 1.29 is 14.6 Å². The van der Waals surface area contributed by atoms with Gasteiger partial charge in [-0.05, 0) is 38.1 Å². The van der Waals surface area contributed by atoms with Gasteiger partial charge in [-0.25, -0.2) is 0 Å². The van der Waals surface area contributed by atoms with Crippen LogP contribution in [0.1, 0.15) is 51.2 Å². The van der Waals surface area contributed by atoms with E-state index in [4.69, 9.17) is 9.47 Å². The van der Waals surface area contributed by atoms with E-state index in [9.17, 15) is 5.11 Å². The predicted molar refractivity (Wildman–Crippen MR) is 108 cm³/mol. The summed E-state index contributed by atoms with van der Waals surface area (Å²) in [5, 5.41) is 12.6. The van der Waals surface area contributed by atoms with Crippen LogP contribution in [0.5, 0.6) is 17.2 Å². The van der Waals surface area contributed by atoms with E-state index < -0.39 is 0 Å². The normalized spacial score (nSPS) is 10.5. The van der Waals surface area contributed by atoms with Gasteiger partial charge < -0.3 is 14.6 Å². The van der Waals surface area contributed by atoms with Crippen molar-refractivity contribution in [3.63, 3.8) is 0 Å². The van der Waals surface area contributed by atoms with E-state index >= 15 is 0 Å². The molecule has 0 fully saturated rings. The molecule has 0 aromatic heterocycles. The van der Waals surface area contributed by atoms with Crippen LogP contribution in [0, 0.1) is 11.8 Å². The summed E-state index contributed by atoms with van der Waals surface area (Å²) in [6.45, 7) is 9.96. The Labute approximate surface area is 156 Å². The maximum absolute atomic E-state index is 11.0. The molecule has 3 heteroatoms. The van der Waals surface area contributed by atoms with Crippen LogP contribution in [0.4, 0.5) is 0 Å². The third kappa shape index (κ3) is 4.14. The number of benzene rings is 2. The second kappa shape index (κ2) is 9.20. The average molecular weight is 352 g/mol. The molecule has 138 valence electrons. The Balaban J connectivity index is 2.84. The zero-order valence-corrected chi connectivity index (χ0v) is 16.2. The van der Waals surface area contributed by atoms with Crippen LogP contribution < -0.4 is 9.47 Å². The smallest absolute Gasteiger partial charge is 0.146 e. The molecule has 0 amide bonds. The number of phenolic OH excluding ortho intramolecular Hbond substituents is 1. The average Bonchev–Trinajstić information content (AvgIpc) is 2.63. The Hall–Kier alpha value is -2.60. The van der Waals surface area contributed by atoms with Crippen LogP contribution >= 0.6 is 0 Å². The number of unbranched alkanes of at least 4 members (excludes halogenated alkanes) is 2. The van der Waals surface area contributed by atoms with Gasteiger partial charge in [-0.3, -0.25) is 0 Å². The molecular weight excluding hydrogens is 324 g/mol. The van der Waals surface area contributed by atoms with Crippen LogP contribution in [0.25, 0.3) is 10.8 Å². The highest BCUT2D eigenvalue weighted by molar-refractivity contribution is 6.00. The monoisotopic (exact) mass is 352 g/mol. The van der Waals surface area contributed by atoms with Gasteiger partial charge in [0.2, 0.25) is 0 Å². The number of hydrogen-bond acceptors (Lipinski definition) is 3. The van der Waals surface area contributed by atoms with Crippen LogP contribution in [0.15, 0.2) is 30.9 Å². The second-order valence-corrected chi connectivity index (χ2v) is 6.48. The summed E-state index contributed by atoms with van der Waals surface area (Å²) in [6.07, 6.45) is 5.34. The summed E-state index contributed by atoms with van der Waals surface area (Å²) in [7, 11) is 1.60. The number of ether oxygens (including phenoxy) is 2. The van der Waals surface area contributed by atoms with Crippen LogP contribution in [0.3, 0.4) is 0 Å². The zero-order valence-electron chi connectivity index (χ0n) is 16.2. The number of rotatable bonds is 7. The SMILES string of the molecule is C=CCc1c(OC(C)C)c(C#CCCCC)c(O)c2c(OC)cccc12. The fourth-order valence-corrected chi connectivity index (χ4v) is 2.95. The highest BCUT2D eigenvalue weighted by Crippen LogP contribution is 2.44. The molecule has 2 rings (SSSR count). The lowest BCUT2D eigenvalue weighted by molar-refractivity contribution is 0.239. The van der Waals surface area contributed by atoms with E-state index in [1.807, 2.05) is 38.1 Å². The molecule has 0 heterocycles. The molecule has 0 aliphatic carbocycles. The molecule has 2 aromatic carbocycles. The first kappa shape index (κ1) is 19.7. The lowest BCUT2D eigenvalue weighted by Gasteiger charge is -2.20. The third-order valence-corrected chi connectivity index (χ3v) is 4.12. The standard InChI is InChI=1S/C23H28O3/c1-6-8-9-10-13-19-22(24)21-17(14-11-15-20(21)25-5)18(12-7-2)23(19)26-16(3)4/h7,11,14-16,24H,2,6,8-9,12H2,1,3-5H3. The molecule has 0 aliphatic heterocycles. The molecule has 0 spiro atoms. The lowest BCUT2D eigenvalue weighted by Crippen LogP contribution is -2.10. The summed E-state index contributed by atoms with van der Waals surface area (Å²) in [5.41, 5.74) is 1.50. The maximum atomic E-state index is 11.0. The molecule has 0 saturated carbocycles. The number of fused-ring (bicyclic) bond motifs is 1. The number of methoxy groups -OCH3 is 1. The van der Waals surface area contributed by atoms with Crippen molar-refractivity contribution in [3.05, 3.63) is 42.0 Å². The van der Waals surface area contributed by atoms with Gasteiger partial charge in [0, 0.05) is 12.0 Å². The van der Waals surface area contributed by atoms with E-state index in [0.717, 1.165) is 30.2 Å². The quantitative estimate of drug-likeness (QED) is 0.400. The third-order valence-electron chi connectivity index (χ3n) is 4.12. The van der Waals surface area contributed by atoms with Crippen molar-refractivity contribution in [1.82, 2.24) is 0 Å². The van der Waals surface area contributed by atoms with E-state index in [0.29, 0.717) is 28.9 Å². The van der Waals surface area contributed by atoms with Crippen molar-refractivity contribution in [2.24, 2.45) is 0 Å². The van der Waals surface area contributed by atoms with Crippen LogP contribution in [-0.2, 0) is 6.42 Å². The zero-order chi connectivity index (χ0) is 19.1. The van der Waals surface area contributed by atoms with Crippen molar-refractivity contribution in [3.8, 4) is 29.1 Å². The molecule has 0 radical (unpaired) electrons. The van der Waals surface area contributed by atoms with Gasteiger partial charge in [0.15, 0.2) is 0 Å². The fourth-order valence-electron chi connectivity index (χ4n) is 2.95. The Morgan fingerprint density at radius 1 is 1.31 bits per heavy atom. The van der Waals surface area contributed by atoms with Crippen molar-refractivity contribution in [2.75, 3.05) is 7.11 Å². The molecule has 3 nitrogen and oxygen atoms in total. The Morgan fingerprint density at radius 2 is 2.08 bits per heavy atom. The minimum absolute atomic E-state index is 0.0304. The summed E-state index contributed by atoms with van der Waals surface area (Å²) in [6, 6.07) is 5.73. The van der Waals surface area contributed by atoms with E-state index in [-0.39, 0.29) is 11.9 Å². The molecule has 0 bridgehead atoms. The number of phenols is 1. The molecule has 26 heavy (non-hydrogen) atoms. The number of allylic oxidation sites excluding steroid dienone is 1. The Bertz CT molecular complexity index is 838. The Morgan fingerprint density at radius 3 is 2.69 bits per heavy atom. The molecule has 1 N–H and O–H groups in total. The van der Waals surface area contributed by atoms with E-state index in [2.05, 4.69) is 25.3 Å². The Kier molecular flexibility index (Phi) is 6.97. The summed E-state index contributed by atoms with van der Waals surface area (Å²) in [4.78, 5) is 0. The van der Waals surface area contributed by atoms with Gasteiger partial charge in [-0.2, -0.15) is 0 Å². The van der Waals surface area contributed by atoms with Crippen LogP contribution in [-0.4, -0.2) is 18.3 Å². The molecule has 0 atom stereocenters. The second-order valence-electron chi connectivity index (χ2n) is 6.48. The minimum atomic E-state index is -0.0304. The summed E-state index contributed by atoms with van der Waals surface area (Å²) in [5.74, 6) is 7.70.